The highest BCUT2D eigenvalue weighted by atomic mass is 16.6. The van der Waals surface area contributed by atoms with E-state index in [9.17, 15) is 14.4 Å². The molecule has 0 heterocycles. The topological polar surface area (TPSA) is 78.9 Å². The van der Waals surface area contributed by atoms with Crippen molar-refractivity contribution in [1.29, 1.82) is 0 Å². The predicted octanol–water partition coefficient (Wildman–Crippen LogP) is 15.9. The number of carbonyl (C=O) groups is 3. The minimum absolute atomic E-state index is 0.0981. The summed E-state index contributed by atoms with van der Waals surface area (Å²) < 4.78 is 16.7. The average molecular weight is 823 g/mol. The van der Waals surface area contributed by atoms with Crippen LogP contribution in [0.1, 0.15) is 226 Å². The molecule has 0 bridgehead atoms. The highest BCUT2D eigenvalue weighted by molar-refractivity contribution is 5.71. The molecule has 0 aromatic heterocycles. The maximum Gasteiger partial charge on any atom is 0.306 e. The molecule has 0 rings (SSSR count). The highest BCUT2D eigenvalue weighted by Crippen LogP contribution is 2.13. The van der Waals surface area contributed by atoms with Gasteiger partial charge in [-0.15, -0.1) is 0 Å². The molecular weight excluding hydrogens is 733 g/mol. The Hall–Kier alpha value is -3.15. The Morgan fingerprint density at radius 1 is 0.356 bits per heavy atom. The van der Waals surface area contributed by atoms with Crippen molar-refractivity contribution < 1.29 is 28.6 Å². The summed E-state index contributed by atoms with van der Waals surface area (Å²) in [5, 5.41) is 0. The summed E-state index contributed by atoms with van der Waals surface area (Å²) in [5.74, 6) is -0.957. The van der Waals surface area contributed by atoms with Gasteiger partial charge in [0.05, 0.1) is 0 Å². The summed E-state index contributed by atoms with van der Waals surface area (Å²) in [7, 11) is 0. The third kappa shape index (κ3) is 45.8. The molecule has 0 aromatic carbocycles. The quantitative estimate of drug-likeness (QED) is 0.0264. The maximum atomic E-state index is 12.7. The van der Waals surface area contributed by atoms with Crippen molar-refractivity contribution in [2.24, 2.45) is 0 Å². The van der Waals surface area contributed by atoms with Crippen LogP contribution >= 0.6 is 0 Å². The standard InChI is InChI=1S/C53H90O6/c1-4-7-10-13-16-19-22-25-26-27-28-29-32-34-37-40-43-46-52(55)58-49-50(59-53(56)47-44-41-38-35-31-24-21-18-15-12-9-6-3)48-57-51(54)45-42-39-36-33-30-23-20-17-14-11-8-5-2/h9,12,16-21,25-26,31,35,50H,4-8,10-11,13-15,22-24,27-30,32-34,36-49H2,1-3H3/b12-9-,19-16-,20-17-,21-18-,26-25-,35-31-. The summed E-state index contributed by atoms with van der Waals surface area (Å²) in [6.45, 7) is 6.41. The average Bonchev–Trinajstić information content (AvgIpc) is 3.23. The SMILES string of the molecule is CC/C=C\C/C=C\C/C=C\CCCCC(=O)OC(COC(=O)CCCCCCC/C=C\CCCCC)COC(=O)CCCCCCCCC/C=C\C/C=C\CCCCC. The molecule has 0 saturated heterocycles. The molecule has 0 saturated carbocycles. The molecule has 0 aliphatic rings. The minimum atomic E-state index is -0.800. The van der Waals surface area contributed by atoms with Gasteiger partial charge in [-0.05, 0) is 109 Å². The van der Waals surface area contributed by atoms with E-state index in [1.54, 1.807) is 0 Å². The Bertz CT molecular complexity index is 1130. The fourth-order valence-electron chi connectivity index (χ4n) is 6.48. The molecule has 0 amide bonds. The first-order chi connectivity index (χ1) is 29.0. The van der Waals surface area contributed by atoms with Crippen LogP contribution in [0.3, 0.4) is 0 Å². The van der Waals surface area contributed by atoms with E-state index >= 15 is 0 Å². The number of hydrogen-bond donors (Lipinski definition) is 0. The van der Waals surface area contributed by atoms with Gasteiger partial charge in [0.25, 0.3) is 0 Å². The molecule has 59 heavy (non-hydrogen) atoms. The van der Waals surface area contributed by atoms with E-state index < -0.39 is 6.10 Å². The number of ether oxygens (including phenoxy) is 3. The lowest BCUT2D eigenvalue weighted by atomic mass is 10.1. The second-order valence-corrected chi connectivity index (χ2v) is 16.0. The Balaban J connectivity index is 4.42. The van der Waals surface area contributed by atoms with Gasteiger partial charge >= 0.3 is 17.9 Å². The molecular formula is C53H90O6. The van der Waals surface area contributed by atoms with Crippen molar-refractivity contribution in [3.8, 4) is 0 Å². The zero-order chi connectivity index (χ0) is 43.0. The summed E-state index contributed by atoms with van der Waals surface area (Å²) in [5.41, 5.74) is 0. The minimum Gasteiger partial charge on any atom is -0.462 e. The summed E-state index contributed by atoms with van der Waals surface area (Å²) >= 11 is 0. The molecule has 0 aliphatic heterocycles. The van der Waals surface area contributed by atoms with Crippen molar-refractivity contribution >= 4 is 17.9 Å². The van der Waals surface area contributed by atoms with Crippen molar-refractivity contribution in [3.63, 3.8) is 0 Å². The third-order valence-corrected chi connectivity index (χ3v) is 10.2. The monoisotopic (exact) mass is 823 g/mol. The Morgan fingerprint density at radius 2 is 0.661 bits per heavy atom. The van der Waals surface area contributed by atoms with Gasteiger partial charge in [-0.2, -0.15) is 0 Å². The number of allylic oxidation sites excluding steroid dienone is 12. The van der Waals surface area contributed by atoms with E-state index in [1.807, 2.05) is 0 Å². The zero-order valence-electron chi connectivity index (χ0n) is 38.5. The van der Waals surface area contributed by atoms with E-state index in [0.717, 1.165) is 89.9 Å². The van der Waals surface area contributed by atoms with E-state index in [4.69, 9.17) is 14.2 Å². The number of hydrogen-bond acceptors (Lipinski definition) is 6. The fraction of sp³-hybridized carbons (Fsp3) is 0.717. The molecule has 0 aliphatic carbocycles. The van der Waals surface area contributed by atoms with Gasteiger partial charge in [0.15, 0.2) is 6.10 Å². The molecule has 6 nitrogen and oxygen atoms in total. The van der Waals surface area contributed by atoms with Crippen LogP contribution in [0, 0.1) is 0 Å². The van der Waals surface area contributed by atoms with E-state index in [1.165, 1.54) is 89.9 Å². The first-order valence-corrected chi connectivity index (χ1v) is 24.4. The lowest BCUT2D eigenvalue weighted by Gasteiger charge is -2.18. The van der Waals surface area contributed by atoms with Crippen molar-refractivity contribution in [2.45, 2.75) is 232 Å². The third-order valence-electron chi connectivity index (χ3n) is 10.2. The molecule has 6 heteroatoms. The van der Waals surface area contributed by atoms with Crippen LogP contribution in [0.4, 0.5) is 0 Å². The largest absolute Gasteiger partial charge is 0.462 e. The van der Waals surface area contributed by atoms with Gasteiger partial charge in [0.2, 0.25) is 0 Å². The van der Waals surface area contributed by atoms with Crippen LogP contribution in [0.25, 0.3) is 0 Å². The van der Waals surface area contributed by atoms with Gasteiger partial charge < -0.3 is 14.2 Å². The summed E-state index contributed by atoms with van der Waals surface area (Å²) in [6.07, 6.45) is 58.9. The van der Waals surface area contributed by atoms with Gasteiger partial charge in [0, 0.05) is 19.3 Å². The lowest BCUT2D eigenvalue weighted by molar-refractivity contribution is -0.167. The molecule has 0 radical (unpaired) electrons. The van der Waals surface area contributed by atoms with Crippen molar-refractivity contribution in [3.05, 3.63) is 72.9 Å². The van der Waals surface area contributed by atoms with Crippen molar-refractivity contribution in [1.82, 2.24) is 0 Å². The highest BCUT2D eigenvalue weighted by Gasteiger charge is 2.19. The summed E-state index contributed by atoms with van der Waals surface area (Å²) in [4.78, 5) is 37.8. The smallest absolute Gasteiger partial charge is 0.306 e. The van der Waals surface area contributed by atoms with E-state index in [0.29, 0.717) is 19.3 Å². The first kappa shape index (κ1) is 55.9. The van der Waals surface area contributed by atoms with Crippen LogP contribution < -0.4 is 0 Å². The molecule has 1 unspecified atom stereocenters. The van der Waals surface area contributed by atoms with E-state index in [-0.39, 0.29) is 37.5 Å². The molecule has 0 N–H and O–H groups in total. The number of esters is 3. The second kappa shape index (κ2) is 47.5. The van der Waals surface area contributed by atoms with Gasteiger partial charge in [-0.3, -0.25) is 14.4 Å². The lowest BCUT2D eigenvalue weighted by Crippen LogP contribution is -2.30. The molecule has 338 valence electrons. The number of rotatable bonds is 43. The van der Waals surface area contributed by atoms with Crippen LogP contribution in [-0.4, -0.2) is 37.2 Å². The van der Waals surface area contributed by atoms with Crippen LogP contribution in [0.5, 0.6) is 0 Å². The van der Waals surface area contributed by atoms with Crippen molar-refractivity contribution in [2.75, 3.05) is 13.2 Å². The number of carbonyl (C=O) groups excluding carboxylic acids is 3. The Morgan fingerprint density at radius 3 is 1.08 bits per heavy atom. The van der Waals surface area contributed by atoms with Gasteiger partial charge in [0.1, 0.15) is 13.2 Å². The van der Waals surface area contributed by atoms with Crippen LogP contribution in [0.15, 0.2) is 72.9 Å². The molecule has 0 aromatic rings. The van der Waals surface area contributed by atoms with Crippen LogP contribution in [-0.2, 0) is 28.6 Å². The molecule has 1 atom stereocenters. The molecule has 0 fully saturated rings. The first-order valence-electron chi connectivity index (χ1n) is 24.4. The number of unbranched alkanes of at least 4 members (excludes halogenated alkanes) is 20. The summed E-state index contributed by atoms with van der Waals surface area (Å²) in [6, 6.07) is 0. The Labute approximate surface area is 363 Å². The van der Waals surface area contributed by atoms with E-state index in [2.05, 4.69) is 93.7 Å². The van der Waals surface area contributed by atoms with Gasteiger partial charge in [-0.1, -0.05) is 171 Å². The second-order valence-electron chi connectivity index (χ2n) is 16.0. The molecule has 0 spiro atoms. The van der Waals surface area contributed by atoms with Crippen LogP contribution in [0.2, 0.25) is 0 Å². The fourth-order valence-corrected chi connectivity index (χ4v) is 6.48. The normalized spacial score (nSPS) is 12.7. The maximum absolute atomic E-state index is 12.7. The zero-order valence-corrected chi connectivity index (χ0v) is 38.5. The van der Waals surface area contributed by atoms with Gasteiger partial charge in [-0.25, -0.2) is 0 Å². The Kier molecular flexibility index (Phi) is 45.0. The predicted molar refractivity (Wildman–Crippen MR) is 251 cm³/mol.